The minimum absolute atomic E-state index is 0.193. The Kier molecular flexibility index (Phi) is 3.41. The lowest BCUT2D eigenvalue weighted by Gasteiger charge is -2.36. The number of ether oxygens (including phenoxy) is 1. The highest BCUT2D eigenvalue weighted by atomic mass is 32.2. The van der Waals surface area contributed by atoms with Crippen molar-refractivity contribution in [1.82, 2.24) is 4.31 Å². The van der Waals surface area contributed by atoms with Crippen LogP contribution >= 0.6 is 0 Å². The lowest BCUT2D eigenvalue weighted by Crippen LogP contribution is -2.50. The predicted molar refractivity (Wildman–Crippen MR) is 64.5 cm³/mol. The van der Waals surface area contributed by atoms with Crippen molar-refractivity contribution >= 4 is 16.0 Å². The van der Waals surface area contributed by atoms with Crippen molar-refractivity contribution in [2.45, 2.75) is 24.5 Å². The molecule has 0 aromatic carbocycles. The molecule has 0 atom stereocenters. The third-order valence-electron chi connectivity index (χ3n) is 2.78. The van der Waals surface area contributed by atoms with Gasteiger partial charge in [0.15, 0.2) is 0 Å². The maximum atomic E-state index is 12.3. The van der Waals surface area contributed by atoms with Gasteiger partial charge in [0.2, 0.25) is 10.9 Å². The number of carboxylic acids is 1. The van der Waals surface area contributed by atoms with Crippen molar-refractivity contribution in [3.8, 4) is 0 Å². The molecule has 0 unspecified atom stereocenters. The van der Waals surface area contributed by atoms with E-state index in [1.807, 2.05) is 0 Å². The van der Waals surface area contributed by atoms with Crippen LogP contribution in [0.4, 0.5) is 0 Å². The number of hydrogen-bond acceptors (Lipinski definition) is 5. The van der Waals surface area contributed by atoms with Gasteiger partial charge in [-0.25, -0.2) is 13.2 Å². The zero-order valence-corrected chi connectivity index (χ0v) is 11.4. The van der Waals surface area contributed by atoms with Gasteiger partial charge < -0.3 is 14.3 Å². The highest BCUT2D eigenvalue weighted by Gasteiger charge is 2.36. The first-order chi connectivity index (χ1) is 8.72. The van der Waals surface area contributed by atoms with E-state index in [0.29, 0.717) is 6.61 Å². The Morgan fingerprint density at radius 2 is 2.11 bits per heavy atom. The van der Waals surface area contributed by atoms with Crippen LogP contribution in [0.2, 0.25) is 0 Å². The van der Waals surface area contributed by atoms with Crippen molar-refractivity contribution < 1.29 is 27.5 Å². The summed E-state index contributed by atoms with van der Waals surface area (Å²) < 4.78 is 36.1. The van der Waals surface area contributed by atoms with Gasteiger partial charge in [0.1, 0.15) is 0 Å². The largest absolute Gasteiger partial charge is 0.475 e. The number of nitrogens with zero attached hydrogens (tertiary/aromatic N) is 1. The van der Waals surface area contributed by atoms with E-state index in [2.05, 4.69) is 0 Å². The van der Waals surface area contributed by atoms with Gasteiger partial charge in [-0.05, 0) is 26.0 Å². The van der Waals surface area contributed by atoms with Gasteiger partial charge in [0, 0.05) is 13.1 Å². The SMILES string of the molecule is CC1(C)CN(S(=O)(=O)c2ccc(C(=O)O)o2)CCO1. The monoisotopic (exact) mass is 289 g/mol. The third-order valence-corrected chi connectivity index (χ3v) is 4.50. The molecular formula is C11H15NO6S. The van der Waals surface area contributed by atoms with Crippen LogP contribution in [0.25, 0.3) is 0 Å². The van der Waals surface area contributed by atoms with Crippen LogP contribution < -0.4 is 0 Å². The fourth-order valence-electron chi connectivity index (χ4n) is 1.88. The second kappa shape index (κ2) is 4.62. The summed E-state index contributed by atoms with van der Waals surface area (Å²) in [5, 5.41) is 8.38. The van der Waals surface area contributed by atoms with Crippen LogP contribution in [0, 0.1) is 0 Å². The number of morpholine rings is 1. The molecule has 8 heteroatoms. The van der Waals surface area contributed by atoms with E-state index in [4.69, 9.17) is 14.3 Å². The van der Waals surface area contributed by atoms with Crippen molar-refractivity contribution in [2.75, 3.05) is 19.7 Å². The predicted octanol–water partition coefficient (Wildman–Crippen LogP) is 0.777. The number of carbonyl (C=O) groups is 1. The van der Waals surface area contributed by atoms with Gasteiger partial charge in [0.05, 0.1) is 12.2 Å². The maximum Gasteiger partial charge on any atom is 0.371 e. The topological polar surface area (TPSA) is 97.1 Å². The molecule has 1 aromatic heterocycles. The fraction of sp³-hybridized carbons (Fsp3) is 0.545. The molecule has 1 aliphatic heterocycles. The van der Waals surface area contributed by atoms with Crippen LogP contribution in [-0.4, -0.2) is 49.1 Å². The number of carboxylic acid groups (broad SMARTS) is 1. The Hall–Kier alpha value is -1.38. The summed E-state index contributed by atoms with van der Waals surface area (Å²) in [6.45, 7) is 4.28. The Bertz CT molecular complexity index is 588. The molecule has 1 fully saturated rings. The molecule has 1 N–H and O–H groups in total. The zero-order chi connectivity index (χ0) is 14.3. The second-order valence-corrected chi connectivity index (χ2v) is 6.74. The van der Waals surface area contributed by atoms with Gasteiger partial charge in [0.25, 0.3) is 10.0 Å². The van der Waals surface area contributed by atoms with Gasteiger partial charge in [-0.3, -0.25) is 0 Å². The van der Waals surface area contributed by atoms with Crippen molar-refractivity contribution in [3.05, 3.63) is 17.9 Å². The Morgan fingerprint density at radius 3 is 2.63 bits per heavy atom. The highest BCUT2D eigenvalue weighted by molar-refractivity contribution is 7.89. The molecule has 106 valence electrons. The highest BCUT2D eigenvalue weighted by Crippen LogP contribution is 2.24. The summed E-state index contributed by atoms with van der Waals surface area (Å²) in [5.74, 6) is -1.70. The van der Waals surface area contributed by atoms with E-state index < -0.39 is 27.4 Å². The molecule has 1 aromatic rings. The van der Waals surface area contributed by atoms with E-state index in [-0.39, 0.29) is 18.2 Å². The Morgan fingerprint density at radius 1 is 1.42 bits per heavy atom. The second-order valence-electron chi connectivity index (χ2n) is 4.87. The summed E-state index contributed by atoms with van der Waals surface area (Å²) in [6.07, 6.45) is 0. The van der Waals surface area contributed by atoms with Crippen molar-refractivity contribution in [1.29, 1.82) is 0 Å². The maximum absolute atomic E-state index is 12.3. The van der Waals surface area contributed by atoms with E-state index in [9.17, 15) is 13.2 Å². The number of furan rings is 1. The lowest BCUT2D eigenvalue weighted by atomic mass is 10.1. The summed E-state index contributed by atoms with van der Waals surface area (Å²) in [4.78, 5) is 10.7. The summed E-state index contributed by atoms with van der Waals surface area (Å²) in [7, 11) is -3.82. The van der Waals surface area contributed by atoms with E-state index in [1.54, 1.807) is 13.8 Å². The van der Waals surface area contributed by atoms with Gasteiger partial charge in [-0.2, -0.15) is 4.31 Å². The molecule has 0 bridgehead atoms. The third kappa shape index (κ3) is 2.80. The van der Waals surface area contributed by atoms with Crippen molar-refractivity contribution in [2.24, 2.45) is 0 Å². The summed E-state index contributed by atoms with van der Waals surface area (Å²) in [5.41, 5.74) is -0.576. The van der Waals surface area contributed by atoms with Crippen LogP contribution in [0.5, 0.6) is 0 Å². The minimum atomic E-state index is -3.82. The van der Waals surface area contributed by atoms with Gasteiger partial charge >= 0.3 is 5.97 Å². The molecule has 2 rings (SSSR count). The van der Waals surface area contributed by atoms with Crippen LogP contribution in [0.3, 0.4) is 0 Å². The van der Waals surface area contributed by atoms with Crippen LogP contribution in [-0.2, 0) is 14.8 Å². The molecule has 2 heterocycles. The first-order valence-corrected chi connectivity index (χ1v) is 7.14. The molecule has 19 heavy (non-hydrogen) atoms. The molecular weight excluding hydrogens is 274 g/mol. The van der Waals surface area contributed by atoms with Gasteiger partial charge in [-0.1, -0.05) is 0 Å². The molecule has 0 spiro atoms. The average molecular weight is 289 g/mol. The van der Waals surface area contributed by atoms with Crippen LogP contribution in [0.1, 0.15) is 24.4 Å². The smallest absolute Gasteiger partial charge is 0.371 e. The Balaban J connectivity index is 2.28. The minimum Gasteiger partial charge on any atom is -0.475 e. The Labute approximate surface area is 110 Å². The van der Waals surface area contributed by atoms with E-state index in [0.717, 1.165) is 12.1 Å². The van der Waals surface area contributed by atoms with Crippen LogP contribution in [0.15, 0.2) is 21.6 Å². The molecule has 0 saturated carbocycles. The average Bonchev–Trinajstić information content (AvgIpc) is 2.77. The number of rotatable bonds is 3. The normalized spacial score (nSPS) is 20.3. The number of hydrogen-bond donors (Lipinski definition) is 1. The molecule has 1 aliphatic rings. The number of sulfonamides is 1. The van der Waals surface area contributed by atoms with Crippen molar-refractivity contribution in [3.63, 3.8) is 0 Å². The first-order valence-electron chi connectivity index (χ1n) is 5.70. The quantitative estimate of drug-likeness (QED) is 0.883. The van der Waals surface area contributed by atoms with E-state index in [1.165, 1.54) is 4.31 Å². The lowest BCUT2D eigenvalue weighted by molar-refractivity contribution is -0.0642. The molecule has 1 saturated heterocycles. The zero-order valence-electron chi connectivity index (χ0n) is 10.6. The molecule has 0 aliphatic carbocycles. The number of aromatic carboxylic acids is 1. The first kappa shape index (κ1) is 14.0. The summed E-state index contributed by atoms with van der Waals surface area (Å²) in [6, 6.07) is 2.28. The summed E-state index contributed by atoms with van der Waals surface area (Å²) >= 11 is 0. The molecule has 7 nitrogen and oxygen atoms in total. The standard InChI is InChI=1S/C11H15NO6S/c1-11(2)7-12(5-6-17-11)19(15,16)9-4-3-8(18-9)10(13)14/h3-4H,5-7H2,1-2H3,(H,13,14). The van der Waals surface area contributed by atoms with E-state index >= 15 is 0 Å². The van der Waals surface area contributed by atoms with Gasteiger partial charge in [-0.15, -0.1) is 0 Å². The molecule has 0 amide bonds. The fourth-order valence-corrected chi connectivity index (χ4v) is 3.36. The molecule has 0 radical (unpaired) electrons.